The van der Waals surface area contributed by atoms with Gasteiger partial charge in [-0.2, -0.15) is 0 Å². The monoisotopic (exact) mass is 217 g/mol. The van der Waals surface area contributed by atoms with Crippen LogP contribution in [0.2, 0.25) is 5.02 Å². The lowest BCUT2D eigenvalue weighted by Crippen LogP contribution is -2.14. The number of rotatable bonds is 3. The number of hydrogen-bond donors (Lipinski definition) is 2. The zero-order valence-electron chi connectivity index (χ0n) is 7.87. The van der Waals surface area contributed by atoms with E-state index in [1.165, 1.54) is 6.92 Å². The van der Waals surface area contributed by atoms with Crippen LogP contribution in [-0.2, 0) is 0 Å². The molecule has 0 heterocycles. The molecule has 3 N–H and O–H groups in total. The van der Waals surface area contributed by atoms with E-state index in [-0.39, 0.29) is 6.54 Å². The van der Waals surface area contributed by atoms with Crippen molar-refractivity contribution in [1.82, 2.24) is 0 Å². The number of hydrogen-bond acceptors (Lipinski definition) is 2. The first-order valence-electron chi connectivity index (χ1n) is 4.38. The van der Waals surface area contributed by atoms with Crippen molar-refractivity contribution in [3.63, 3.8) is 0 Å². The van der Waals surface area contributed by atoms with Gasteiger partial charge in [-0.25, -0.2) is 4.39 Å². The fourth-order valence-corrected chi connectivity index (χ4v) is 1.72. The molecule has 0 aliphatic heterocycles. The summed E-state index contributed by atoms with van der Waals surface area (Å²) in [5.41, 5.74) is 6.10. The molecule has 78 valence electrons. The molecule has 2 nitrogen and oxygen atoms in total. The van der Waals surface area contributed by atoms with Crippen molar-refractivity contribution in [3.05, 3.63) is 34.3 Å². The maximum Gasteiger partial charge on any atom is 0.124 e. The number of aliphatic hydroxyl groups excluding tert-OH is 1. The zero-order chi connectivity index (χ0) is 10.7. The lowest BCUT2D eigenvalue weighted by molar-refractivity contribution is 0.183. The molecule has 0 aliphatic carbocycles. The second-order valence-electron chi connectivity index (χ2n) is 3.11. The average Bonchev–Trinajstić information content (AvgIpc) is 2.15. The van der Waals surface area contributed by atoms with Crippen LogP contribution in [0, 0.1) is 0 Å². The minimum absolute atomic E-state index is 0.0556. The molecular formula is C10H13ClFNO. The molecule has 0 amide bonds. The van der Waals surface area contributed by atoms with Crippen LogP contribution in [0.1, 0.15) is 30.3 Å². The van der Waals surface area contributed by atoms with Crippen molar-refractivity contribution in [3.8, 4) is 0 Å². The van der Waals surface area contributed by atoms with Gasteiger partial charge < -0.3 is 10.8 Å². The minimum Gasteiger partial charge on any atom is -0.387 e. The van der Waals surface area contributed by atoms with E-state index in [2.05, 4.69) is 0 Å². The molecule has 14 heavy (non-hydrogen) atoms. The van der Waals surface area contributed by atoms with E-state index in [0.717, 1.165) is 0 Å². The van der Waals surface area contributed by atoms with Gasteiger partial charge in [-0.15, -0.1) is 0 Å². The van der Waals surface area contributed by atoms with Gasteiger partial charge in [0.1, 0.15) is 6.17 Å². The summed E-state index contributed by atoms with van der Waals surface area (Å²) < 4.78 is 13.2. The molecule has 1 aromatic carbocycles. The highest BCUT2D eigenvalue weighted by atomic mass is 35.5. The van der Waals surface area contributed by atoms with E-state index in [9.17, 15) is 9.50 Å². The molecule has 0 spiro atoms. The summed E-state index contributed by atoms with van der Waals surface area (Å²) in [7, 11) is 0. The van der Waals surface area contributed by atoms with Gasteiger partial charge in [-0.3, -0.25) is 0 Å². The van der Waals surface area contributed by atoms with E-state index in [1.54, 1.807) is 18.2 Å². The Kier molecular flexibility index (Phi) is 3.86. The van der Waals surface area contributed by atoms with Gasteiger partial charge in [0, 0.05) is 17.1 Å². The summed E-state index contributed by atoms with van der Waals surface area (Å²) in [6, 6.07) is 4.90. The van der Waals surface area contributed by atoms with Gasteiger partial charge in [0.2, 0.25) is 0 Å². The lowest BCUT2D eigenvalue weighted by atomic mass is 9.99. The maximum absolute atomic E-state index is 13.2. The highest BCUT2D eigenvalue weighted by Gasteiger charge is 2.17. The molecule has 4 heteroatoms. The van der Waals surface area contributed by atoms with Crippen LogP contribution >= 0.6 is 11.6 Å². The summed E-state index contributed by atoms with van der Waals surface area (Å²) >= 11 is 5.83. The first-order chi connectivity index (χ1) is 6.57. The molecule has 0 aliphatic rings. The smallest absolute Gasteiger partial charge is 0.124 e. The Labute approximate surface area is 87.5 Å². The first-order valence-corrected chi connectivity index (χ1v) is 4.76. The molecule has 2 unspecified atom stereocenters. The number of nitrogens with two attached hydrogens (primary N) is 1. The van der Waals surface area contributed by atoms with Crippen LogP contribution in [0.5, 0.6) is 0 Å². The van der Waals surface area contributed by atoms with Gasteiger partial charge in [-0.1, -0.05) is 23.7 Å². The molecule has 1 aromatic rings. The van der Waals surface area contributed by atoms with Crippen molar-refractivity contribution in [2.45, 2.75) is 19.2 Å². The number of alkyl halides is 1. The SMILES string of the molecule is CC(F)c1c(Cl)cccc1C(O)CN. The van der Waals surface area contributed by atoms with Gasteiger partial charge in [-0.05, 0) is 18.6 Å². The number of halogens is 2. The lowest BCUT2D eigenvalue weighted by Gasteiger charge is -2.16. The van der Waals surface area contributed by atoms with Crippen LogP contribution in [-0.4, -0.2) is 11.7 Å². The molecule has 2 atom stereocenters. The molecule has 0 fully saturated rings. The third kappa shape index (κ3) is 2.23. The van der Waals surface area contributed by atoms with Crippen LogP contribution < -0.4 is 5.73 Å². The van der Waals surface area contributed by atoms with Gasteiger partial charge in [0.15, 0.2) is 0 Å². The number of benzene rings is 1. The largest absolute Gasteiger partial charge is 0.387 e. The van der Waals surface area contributed by atoms with E-state index >= 15 is 0 Å². The molecule has 0 saturated carbocycles. The molecule has 0 aromatic heterocycles. The van der Waals surface area contributed by atoms with E-state index in [0.29, 0.717) is 16.1 Å². The standard InChI is InChI=1S/C10H13ClFNO/c1-6(12)10-7(9(14)5-13)3-2-4-8(10)11/h2-4,6,9,14H,5,13H2,1H3. The summed E-state index contributed by atoms with van der Waals surface area (Å²) in [6.07, 6.45) is -2.07. The summed E-state index contributed by atoms with van der Waals surface area (Å²) in [4.78, 5) is 0. The van der Waals surface area contributed by atoms with Crippen LogP contribution in [0.3, 0.4) is 0 Å². The Bertz CT molecular complexity index is 317. The Hall–Kier alpha value is -0.640. The molecule has 0 saturated heterocycles. The zero-order valence-corrected chi connectivity index (χ0v) is 8.63. The highest BCUT2D eigenvalue weighted by Crippen LogP contribution is 2.31. The normalized spacial score (nSPS) is 15.2. The van der Waals surface area contributed by atoms with Crippen molar-refractivity contribution >= 4 is 11.6 Å². The second kappa shape index (κ2) is 4.73. The average molecular weight is 218 g/mol. The summed E-state index contributed by atoms with van der Waals surface area (Å²) in [5.74, 6) is 0. The van der Waals surface area contributed by atoms with Gasteiger partial charge in [0.05, 0.1) is 6.10 Å². The van der Waals surface area contributed by atoms with Crippen molar-refractivity contribution in [2.24, 2.45) is 5.73 Å². The third-order valence-electron chi connectivity index (χ3n) is 2.07. The Morgan fingerprint density at radius 3 is 2.71 bits per heavy atom. The second-order valence-corrected chi connectivity index (χ2v) is 3.52. The first kappa shape index (κ1) is 11.4. The minimum atomic E-state index is -1.21. The molecule has 0 radical (unpaired) electrons. The third-order valence-corrected chi connectivity index (χ3v) is 2.40. The van der Waals surface area contributed by atoms with Crippen molar-refractivity contribution in [2.75, 3.05) is 6.54 Å². The maximum atomic E-state index is 13.2. The topological polar surface area (TPSA) is 46.2 Å². The Balaban J connectivity index is 3.21. The molecular weight excluding hydrogens is 205 g/mol. The Morgan fingerprint density at radius 2 is 2.21 bits per heavy atom. The van der Waals surface area contributed by atoms with Gasteiger partial charge >= 0.3 is 0 Å². The molecule has 1 rings (SSSR count). The predicted molar refractivity (Wildman–Crippen MR) is 55.0 cm³/mol. The quantitative estimate of drug-likeness (QED) is 0.817. The fraction of sp³-hybridized carbons (Fsp3) is 0.400. The number of aliphatic hydroxyl groups is 1. The highest BCUT2D eigenvalue weighted by molar-refractivity contribution is 6.31. The van der Waals surface area contributed by atoms with Crippen molar-refractivity contribution in [1.29, 1.82) is 0 Å². The van der Waals surface area contributed by atoms with Crippen LogP contribution in [0.4, 0.5) is 4.39 Å². The van der Waals surface area contributed by atoms with Crippen LogP contribution in [0.25, 0.3) is 0 Å². The van der Waals surface area contributed by atoms with E-state index in [1.807, 2.05) is 0 Å². The molecule has 0 bridgehead atoms. The van der Waals surface area contributed by atoms with Crippen molar-refractivity contribution < 1.29 is 9.50 Å². The summed E-state index contributed by atoms with van der Waals surface area (Å²) in [6.45, 7) is 1.44. The van der Waals surface area contributed by atoms with E-state index < -0.39 is 12.3 Å². The fourth-order valence-electron chi connectivity index (χ4n) is 1.39. The van der Waals surface area contributed by atoms with E-state index in [4.69, 9.17) is 17.3 Å². The summed E-state index contributed by atoms with van der Waals surface area (Å²) in [5, 5.41) is 9.86. The Morgan fingerprint density at radius 1 is 1.57 bits per heavy atom. The predicted octanol–water partition coefficient (Wildman–Crippen LogP) is 2.36. The van der Waals surface area contributed by atoms with Crippen LogP contribution in [0.15, 0.2) is 18.2 Å². The van der Waals surface area contributed by atoms with Gasteiger partial charge in [0.25, 0.3) is 0 Å².